The van der Waals surface area contributed by atoms with Crippen LogP contribution in [0, 0.1) is 0 Å². The highest BCUT2D eigenvalue weighted by Crippen LogP contribution is 2.43. The van der Waals surface area contributed by atoms with Crippen molar-refractivity contribution in [3.63, 3.8) is 0 Å². The lowest BCUT2D eigenvalue weighted by Crippen LogP contribution is -2.03. The molecule has 4 rings (SSSR count). The molecule has 0 aliphatic carbocycles. The van der Waals surface area contributed by atoms with Crippen LogP contribution >= 0.6 is 31.9 Å². The number of aromatic hydroxyl groups is 2. The third-order valence-electron chi connectivity index (χ3n) is 4.53. The lowest BCUT2D eigenvalue weighted by molar-refractivity contribution is 0.350. The van der Waals surface area contributed by atoms with Crippen LogP contribution in [0.2, 0.25) is 0 Å². The third-order valence-corrected chi connectivity index (χ3v) is 6.60. The third kappa shape index (κ3) is 2.85. The molecule has 2 heterocycles. The summed E-state index contributed by atoms with van der Waals surface area (Å²) in [6, 6.07) is 1.82. The first-order valence-corrected chi connectivity index (χ1v) is 9.77. The number of aromatic nitrogens is 3. The van der Waals surface area contributed by atoms with Crippen LogP contribution in [-0.2, 0) is 6.54 Å². The molecule has 0 saturated carbocycles. The fraction of sp³-hybridized carbons (Fsp3) is 0.158. The van der Waals surface area contributed by atoms with Crippen molar-refractivity contribution in [3.05, 3.63) is 45.4 Å². The predicted molar refractivity (Wildman–Crippen MR) is 112 cm³/mol. The van der Waals surface area contributed by atoms with Gasteiger partial charge in [-0.3, -0.25) is 0 Å². The number of ether oxygens (including phenoxy) is 2. The molecule has 0 saturated heterocycles. The molecule has 0 amide bonds. The summed E-state index contributed by atoms with van der Waals surface area (Å²) in [4.78, 5) is 8.26. The van der Waals surface area contributed by atoms with Crippen molar-refractivity contribution in [1.29, 1.82) is 0 Å². The first kappa shape index (κ1) is 18.8. The Morgan fingerprint density at radius 1 is 0.964 bits per heavy atom. The summed E-state index contributed by atoms with van der Waals surface area (Å²) in [5.74, 6) is 1.14. The van der Waals surface area contributed by atoms with E-state index in [-0.39, 0.29) is 22.5 Å². The van der Waals surface area contributed by atoms with Gasteiger partial charge in [0.1, 0.15) is 11.0 Å². The normalized spacial score (nSPS) is 11.3. The zero-order chi connectivity index (χ0) is 20.0. The van der Waals surface area contributed by atoms with Crippen LogP contribution in [0.1, 0.15) is 5.56 Å². The maximum absolute atomic E-state index is 10.6. The number of phenolic OH excluding ortho intramolecular Hbond substituents is 2. The zero-order valence-corrected chi connectivity index (χ0v) is 18.1. The van der Waals surface area contributed by atoms with Crippen LogP contribution in [0.3, 0.4) is 0 Å². The summed E-state index contributed by atoms with van der Waals surface area (Å²) in [6.07, 6.45) is 6.44. The van der Waals surface area contributed by atoms with Crippen LogP contribution in [0.25, 0.3) is 21.8 Å². The molecular formula is C19H15Br2N3O4. The van der Waals surface area contributed by atoms with E-state index in [2.05, 4.69) is 41.8 Å². The van der Waals surface area contributed by atoms with Gasteiger partial charge in [0.2, 0.25) is 0 Å². The Labute approximate surface area is 176 Å². The Morgan fingerprint density at radius 2 is 1.54 bits per heavy atom. The van der Waals surface area contributed by atoms with Crippen molar-refractivity contribution < 1.29 is 19.7 Å². The standard InChI is InChI=1S/C19H15Br2N3O4/c1-27-13-5-12(20)14(21)11(19(13)28-2)8-24-6-9-10(7-24)18(26)16-15(17(9)25)22-3-4-23-16/h3-7,25-26H,8H2,1-2H3. The Bertz CT molecular complexity index is 1160. The Morgan fingerprint density at radius 3 is 2.04 bits per heavy atom. The largest absolute Gasteiger partial charge is 0.505 e. The van der Waals surface area contributed by atoms with Gasteiger partial charge >= 0.3 is 0 Å². The Kier molecular flexibility index (Phi) is 4.80. The van der Waals surface area contributed by atoms with Crippen molar-refractivity contribution in [1.82, 2.24) is 14.5 Å². The molecule has 0 radical (unpaired) electrons. The van der Waals surface area contributed by atoms with Gasteiger partial charge in [0.15, 0.2) is 23.0 Å². The number of methoxy groups -OCH3 is 2. The zero-order valence-electron chi connectivity index (χ0n) is 14.9. The van der Waals surface area contributed by atoms with E-state index in [9.17, 15) is 10.2 Å². The van der Waals surface area contributed by atoms with Crippen LogP contribution in [-0.4, -0.2) is 39.0 Å². The minimum absolute atomic E-state index is 0.0208. The lowest BCUT2D eigenvalue weighted by Gasteiger charge is -2.16. The monoisotopic (exact) mass is 507 g/mol. The average Bonchev–Trinajstić information content (AvgIpc) is 3.14. The van der Waals surface area contributed by atoms with Crippen molar-refractivity contribution >= 4 is 53.7 Å². The quantitative estimate of drug-likeness (QED) is 0.392. The van der Waals surface area contributed by atoms with Crippen LogP contribution in [0.15, 0.2) is 39.8 Å². The molecule has 0 atom stereocenters. The maximum atomic E-state index is 10.6. The van der Waals surface area contributed by atoms with Gasteiger partial charge < -0.3 is 24.3 Å². The first-order valence-electron chi connectivity index (χ1n) is 8.19. The number of rotatable bonds is 4. The number of hydrogen-bond acceptors (Lipinski definition) is 6. The van der Waals surface area contributed by atoms with E-state index in [1.165, 1.54) is 12.4 Å². The number of halogens is 2. The molecule has 2 aromatic carbocycles. The van der Waals surface area contributed by atoms with Gasteiger partial charge in [-0.25, -0.2) is 9.97 Å². The van der Waals surface area contributed by atoms with Crippen LogP contribution in [0.5, 0.6) is 23.0 Å². The van der Waals surface area contributed by atoms with E-state index < -0.39 is 0 Å². The summed E-state index contributed by atoms with van der Waals surface area (Å²) in [6.45, 7) is 0.407. The lowest BCUT2D eigenvalue weighted by atomic mass is 10.1. The second kappa shape index (κ2) is 7.14. The molecule has 7 nitrogen and oxygen atoms in total. The second-order valence-electron chi connectivity index (χ2n) is 6.10. The van der Waals surface area contributed by atoms with E-state index >= 15 is 0 Å². The Balaban J connectivity index is 1.91. The van der Waals surface area contributed by atoms with E-state index in [0.717, 1.165) is 14.5 Å². The molecule has 0 unspecified atom stereocenters. The SMILES string of the molecule is COc1cc(Br)c(Br)c(Cn2cc3c(O)c4nccnc4c(O)c3c2)c1OC. The topological polar surface area (TPSA) is 89.6 Å². The molecule has 0 aliphatic heterocycles. The van der Waals surface area contributed by atoms with Crippen molar-refractivity contribution in [2.75, 3.05) is 14.2 Å². The second-order valence-corrected chi connectivity index (χ2v) is 7.74. The van der Waals surface area contributed by atoms with Gasteiger partial charge in [0.05, 0.1) is 20.8 Å². The summed E-state index contributed by atoms with van der Waals surface area (Å²) in [5, 5.41) is 22.2. The average molecular weight is 509 g/mol. The summed E-state index contributed by atoms with van der Waals surface area (Å²) in [5.41, 5.74) is 1.36. The Hall–Kier alpha value is -2.52. The number of hydrogen-bond donors (Lipinski definition) is 2. The molecule has 0 aliphatic rings. The fourth-order valence-corrected chi connectivity index (χ4v) is 4.12. The molecule has 2 aromatic heterocycles. The van der Waals surface area contributed by atoms with E-state index in [1.807, 2.05) is 10.6 Å². The van der Waals surface area contributed by atoms with E-state index in [4.69, 9.17) is 9.47 Å². The van der Waals surface area contributed by atoms with Crippen molar-refractivity contribution in [2.24, 2.45) is 0 Å². The molecule has 0 fully saturated rings. The van der Waals surface area contributed by atoms with Crippen LogP contribution in [0.4, 0.5) is 0 Å². The van der Waals surface area contributed by atoms with Gasteiger partial charge in [0.25, 0.3) is 0 Å². The molecule has 28 heavy (non-hydrogen) atoms. The van der Waals surface area contributed by atoms with Crippen molar-refractivity contribution in [3.8, 4) is 23.0 Å². The van der Waals surface area contributed by atoms with Gasteiger partial charge in [-0.1, -0.05) is 0 Å². The smallest absolute Gasteiger partial charge is 0.166 e. The highest BCUT2D eigenvalue weighted by Gasteiger charge is 2.20. The highest BCUT2D eigenvalue weighted by atomic mass is 79.9. The minimum atomic E-state index is -0.0208. The molecule has 4 aromatic rings. The van der Waals surface area contributed by atoms with Crippen LogP contribution < -0.4 is 9.47 Å². The van der Waals surface area contributed by atoms with E-state index in [0.29, 0.717) is 28.8 Å². The number of nitrogens with zero attached hydrogens (tertiary/aromatic N) is 3. The minimum Gasteiger partial charge on any atom is -0.505 e. The van der Waals surface area contributed by atoms with Gasteiger partial charge in [-0.15, -0.1) is 0 Å². The molecular weight excluding hydrogens is 494 g/mol. The van der Waals surface area contributed by atoms with Gasteiger partial charge in [-0.05, 0) is 37.9 Å². The van der Waals surface area contributed by atoms with E-state index in [1.54, 1.807) is 26.6 Å². The number of fused-ring (bicyclic) bond motifs is 2. The fourth-order valence-electron chi connectivity index (χ4n) is 3.25. The molecule has 0 bridgehead atoms. The number of phenols is 2. The highest BCUT2D eigenvalue weighted by molar-refractivity contribution is 9.13. The predicted octanol–water partition coefficient (Wildman–Crippen LogP) is 4.59. The molecule has 2 N–H and O–H groups in total. The summed E-state index contributed by atoms with van der Waals surface area (Å²) >= 11 is 7.10. The molecule has 9 heteroatoms. The first-order chi connectivity index (χ1) is 13.5. The summed E-state index contributed by atoms with van der Waals surface area (Å²) in [7, 11) is 3.16. The molecule has 144 valence electrons. The van der Waals surface area contributed by atoms with Gasteiger partial charge in [0, 0.05) is 50.1 Å². The summed E-state index contributed by atoms with van der Waals surface area (Å²) < 4.78 is 14.5. The van der Waals surface area contributed by atoms with Gasteiger partial charge in [-0.2, -0.15) is 0 Å². The van der Waals surface area contributed by atoms with Crippen molar-refractivity contribution in [2.45, 2.75) is 6.54 Å². The maximum Gasteiger partial charge on any atom is 0.166 e. The molecule has 0 spiro atoms. The number of benzene rings is 2.